The Kier molecular flexibility index (Phi) is 2.69. The molecule has 0 unspecified atom stereocenters. The molecule has 0 radical (unpaired) electrons. The van der Waals surface area contributed by atoms with Gasteiger partial charge in [-0.3, -0.25) is 4.79 Å². The third kappa shape index (κ3) is 1.65. The van der Waals surface area contributed by atoms with Crippen LogP contribution in [0.1, 0.15) is 29.6 Å². The number of aliphatic carboxylic acids is 1. The van der Waals surface area contributed by atoms with Gasteiger partial charge in [0.2, 0.25) is 0 Å². The molecule has 2 aliphatic rings. The number of fused-ring (bicyclic) bond motifs is 2. The van der Waals surface area contributed by atoms with Gasteiger partial charge in [-0.15, -0.1) is 0 Å². The normalized spacial score (nSPS) is 33.6. The van der Waals surface area contributed by atoms with Gasteiger partial charge in [0.25, 0.3) is 0 Å². The molecule has 0 aromatic heterocycles. The minimum atomic E-state index is -1.04. The first kappa shape index (κ1) is 11.5. The van der Waals surface area contributed by atoms with Crippen LogP contribution >= 0.6 is 0 Å². The van der Waals surface area contributed by atoms with Crippen LogP contribution in [0.5, 0.6) is 0 Å². The Morgan fingerprint density at radius 2 is 1.61 bits per heavy atom. The SMILES string of the molecule is O=C([O-])[C@@H]1[C@H]2CC[C@H](C2)[C@@H]1C(=O)c1ccccc1. The molecule has 0 spiro atoms. The number of Topliss-reactive ketones (excluding diaryl/α,β-unsaturated/α-hetero) is 1. The lowest BCUT2D eigenvalue weighted by atomic mass is 9.75. The number of hydrogen-bond acceptors (Lipinski definition) is 3. The van der Waals surface area contributed by atoms with E-state index in [2.05, 4.69) is 0 Å². The summed E-state index contributed by atoms with van der Waals surface area (Å²) in [6, 6.07) is 9.01. The average molecular weight is 243 g/mol. The molecule has 3 rings (SSSR count). The lowest BCUT2D eigenvalue weighted by molar-refractivity contribution is -0.314. The molecule has 1 aromatic rings. The highest BCUT2D eigenvalue weighted by Gasteiger charge is 2.51. The molecule has 2 fully saturated rings. The van der Waals surface area contributed by atoms with Crippen LogP contribution in [0.3, 0.4) is 0 Å². The monoisotopic (exact) mass is 243 g/mol. The molecule has 0 N–H and O–H groups in total. The third-order valence-electron chi connectivity index (χ3n) is 4.55. The zero-order valence-electron chi connectivity index (χ0n) is 10.0. The van der Waals surface area contributed by atoms with Crippen LogP contribution in [0.2, 0.25) is 0 Å². The van der Waals surface area contributed by atoms with Crippen molar-refractivity contribution in [2.45, 2.75) is 19.3 Å². The molecule has 18 heavy (non-hydrogen) atoms. The van der Waals surface area contributed by atoms with Crippen LogP contribution in [-0.2, 0) is 4.79 Å². The van der Waals surface area contributed by atoms with E-state index in [9.17, 15) is 14.7 Å². The first-order valence-corrected chi connectivity index (χ1v) is 6.48. The molecule has 2 aliphatic carbocycles. The molecule has 1 aromatic carbocycles. The van der Waals surface area contributed by atoms with Gasteiger partial charge in [-0.05, 0) is 31.1 Å². The summed E-state index contributed by atoms with van der Waals surface area (Å²) in [5.74, 6) is -1.61. The summed E-state index contributed by atoms with van der Waals surface area (Å²) in [4.78, 5) is 23.7. The highest BCUT2D eigenvalue weighted by molar-refractivity contribution is 6.00. The molecule has 94 valence electrons. The second kappa shape index (κ2) is 4.23. The van der Waals surface area contributed by atoms with Crippen molar-refractivity contribution in [3.8, 4) is 0 Å². The number of carbonyl (C=O) groups excluding carboxylic acids is 2. The summed E-state index contributed by atoms with van der Waals surface area (Å²) in [5.41, 5.74) is 0.626. The minimum Gasteiger partial charge on any atom is -0.550 e. The summed E-state index contributed by atoms with van der Waals surface area (Å²) in [5, 5.41) is 11.3. The van der Waals surface area contributed by atoms with E-state index < -0.39 is 11.9 Å². The number of carboxylic acids is 1. The van der Waals surface area contributed by atoms with Gasteiger partial charge in [0.05, 0.1) is 0 Å². The minimum absolute atomic E-state index is 0.0167. The smallest absolute Gasteiger partial charge is 0.166 e. The first-order valence-electron chi connectivity index (χ1n) is 6.48. The van der Waals surface area contributed by atoms with Crippen molar-refractivity contribution in [2.24, 2.45) is 23.7 Å². The Morgan fingerprint density at radius 1 is 1.00 bits per heavy atom. The molecule has 3 nitrogen and oxygen atoms in total. The van der Waals surface area contributed by atoms with Gasteiger partial charge < -0.3 is 9.90 Å². The van der Waals surface area contributed by atoms with Crippen LogP contribution in [0.4, 0.5) is 0 Å². The van der Waals surface area contributed by atoms with E-state index >= 15 is 0 Å². The Morgan fingerprint density at radius 3 is 2.22 bits per heavy atom. The standard InChI is InChI=1S/C15H16O3/c16-14(9-4-2-1-3-5-9)12-10-6-7-11(8-10)13(12)15(17)18/h1-5,10-13H,6-8H2,(H,17,18)/p-1/t10-,11+,12+,13-/m1/s1. The molecule has 2 saturated carbocycles. The quantitative estimate of drug-likeness (QED) is 0.751. The molecular formula is C15H15O3-. The lowest BCUT2D eigenvalue weighted by Crippen LogP contribution is -2.42. The molecule has 3 heteroatoms. The molecule has 0 saturated heterocycles. The zero-order chi connectivity index (χ0) is 12.7. The number of rotatable bonds is 3. The number of benzene rings is 1. The number of carbonyl (C=O) groups is 2. The maximum Gasteiger partial charge on any atom is 0.166 e. The van der Waals surface area contributed by atoms with Crippen molar-refractivity contribution in [1.29, 1.82) is 0 Å². The zero-order valence-corrected chi connectivity index (χ0v) is 10.0. The topological polar surface area (TPSA) is 57.2 Å². The summed E-state index contributed by atoms with van der Waals surface area (Å²) >= 11 is 0. The molecule has 2 bridgehead atoms. The summed E-state index contributed by atoms with van der Waals surface area (Å²) in [6.07, 6.45) is 2.79. The second-order valence-electron chi connectivity index (χ2n) is 5.43. The summed E-state index contributed by atoms with van der Waals surface area (Å²) in [6.45, 7) is 0. The van der Waals surface area contributed by atoms with Crippen molar-refractivity contribution in [3.05, 3.63) is 35.9 Å². The lowest BCUT2D eigenvalue weighted by Gasteiger charge is -2.30. The molecule has 0 heterocycles. The number of hydrogen-bond donors (Lipinski definition) is 0. The van der Waals surface area contributed by atoms with Crippen molar-refractivity contribution in [2.75, 3.05) is 0 Å². The first-order chi connectivity index (χ1) is 8.68. The Bertz CT molecular complexity index is 480. The van der Waals surface area contributed by atoms with Crippen molar-refractivity contribution < 1.29 is 14.7 Å². The Balaban J connectivity index is 1.91. The van der Waals surface area contributed by atoms with E-state index in [0.29, 0.717) is 5.56 Å². The average Bonchev–Trinajstić information content (AvgIpc) is 2.99. The van der Waals surface area contributed by atoms with E-state index in [1.54, 1.807) is 12.1 Å². The van der Waals surface area contributed by atoms with Gasteiger partial charge in [-0.25, -0.2) is 0 Å². The highest BCUT2D eigenvalue weighted by atomic mass is 16.4. The van der Waals surface area contributed by atoms with Crippen molar-refractivity contribution >= 4 is 11.8 Å². The molecule has 0 amide bonds. The fourth-order valence-electron chi connectivity index (χ4n) is 3.80. The fourth-order valence-corrected chi connectivity index (χ4v) is 3.80. The van der Waals surface area contributed by atoms with E-state index in [1.807, 2.05) is 18.2 Å². The maximum atomic E-state index is 12.5. The summed E-state index contributed by atoms with van der Waals surface area (Å²) in [7, 11) is 0. The van der Waals surface area contributed by atoms with Gasteiger partial charge >= 0.3 is 0 Å². The predicted molar refractivity (Wildman–Crippen MR) is 63.6 cm³/mol. The van der Waals surface area contributed by atoms with Gasteiger partial charge in [-0.1, -0.05) is 30.3 Å². The van der Waals surface area contributed by atoms with E-state index in [0.717, 1.165) is 19.3 Å². The fraction of sp³-hybridized carbons (Fsp3) is 0.467. The maximum absolute atomic E-state index is 12.5. The Hall–Kier alpha value is -1.64. The third-order valence-corrected chi connectivity index (χ3v) is 4.55. The second-order valence-corrected chi connectivity index (χ2v) is 5.43. The van der Waals surface area contributed by atoms with Crippen molar-refractivity contribution in [3.63, 3.8) is 0 Å². The number of carboxylic acid groups (broad SMARTS) is 1. The summed E-state index contributed by atoms with van der Waals surface area (Å²) < 4.78 is 0. The molecule has 4 atom stereocenters. The van der Waals surface area contributed by atoms with Crippen LogP contribution in [0.25, 0.3) is 0 Å². The van der Waals surface area contributed by atoms with Crippen LogP contribution < -0.4 is 5.11 Å². The highest BCUT2D eigenvalue weighted by Crippen LogP contribution is 2.53. The van der Waals surface area contributed by atoms with Gasteiger partial charge in [-0.2, -0.15) is 0 Å². The van der Waals surface area contributed by atoms with E-state index in [1.165, 1.54) is 0 Å². The Labute approximate surface area is 106 Å². The largest absolute Gasteiger partial charge is 0.550 e. The van der Waals surface area contributed by atoms with Crippen LogP contribution in [0, 0.1) is 23.7 Å². The van der Waals surface area contributed by atoms with E-state index in [-0.39, 0.29) is 23.5 Å². The van der Waals surface area contributed by atoms with Gasteiger partial charge in [0.1, 0.15) is 0 Å². The molecular weight excluding hydrogens is 228 g/mol. The number of ketones is 1. The predicted octanol–water partition coefficient (Wildman–Crippen LogP) is 1.28. The van der Waals surface area contributed by atoms with Gasteiger partial charge in [0.15, 0.2) is 5.78 Å². The van der Waals surface area contributed by atoms with E-state index in [4.69, 9.17) is 0 Å². The van der Waals surface area contributed by atoms with Gasteiger partial charge in [0, 0.05) is 23.4 Å². The molecule has 0 aliphatic heterocycles. The van der Waals surface area contributed by atoms with Crippen LogP contribution in [-0.4, -0.2) is 11.8 Å². The van der Waals surface area contributed by atoms with Crippen molar-refractivity contribution in [1.82, 2.24) is 0 Å². The van der Waals surface area contributed by atoms with Crippen LogP contribution in [0.15, 0.2) is 30.3 Å².